The van der Waals surface area contributed by atoms with E-state index in [1.54, 1.807) is 0 Å². The highest BCUT2D eigenvalue weighted by Gasteiger charge is 2.47. The molecular formula is C57H34O2. The van der Waals surface area contributed by atoms with Crippen molar-refractivity contribution in [2.75, 3.05) is 0 Å². The van der Waals surface area contributed by atoms with Crippen LogP contribution in [0, 0.1) is 0 Å². The highest BCUT2D eigenvalue weighted by molar-refractivity contribution is 6.16. The largest absolute Gasteiger partial charge is 0.456 e. The monoisotopic (exact) mass is 750 g/mol. The lowest BCUT2D eigenvalue weighted by molar-refractivity contribution is 0.669. The summed E-state index contributed by atoms with van der Waals surface area (Å²) in [6.07, 6.45) is 0. The van der Waals surface area contributed by atoms with Crippen LogP contribution in [-0.2, 0) is 5.41 Å². The Morgan fingerprint density at radius 2 is 0.881 bits per heavy atom. The summed E-state index contributed by atoms with van der Waals surface area (Å²) in [5.41, 5.74) is 15.3. The molecule has 0 N–H and O–H groups in total. The average molecular weight is 751 g/mol. The van der Waals surface area contributed by atoms with E-state index in [1.165, 1.54) is 60.5 Å². The zero-order valence-electron chi connectivity index (χ0n) is 31.9. The Balaban J connectivity index is 1.10. The molecule has 59 heavy (non-hydrogen) atoms. The molecule has 2 aromatic heterocycles. The zero-order chi connectivity index (χ0) is 38.7. The molecule has 0 spiro atoms. The van der Waals surface area contributed by atoms with Crippen molar-refractivity contribution in [2.24, 2.45) is 0 Å². The molecule has 0 atom stereocenters. The van der Waals surface area contributed by atoms with Gasteiger partial charge in [-0.15, -0.1) is 0 Å². The summed E-state index contributed by atoms with van der Waals surface area (Å²) in [5.74, 6) is 0. The third kappa shape index (κ3) is 4.51. The summed E-state index contributed by atoms with van der Waals surface area (Å²) in [5, 5.41) is 9.38. The number of rotatable bonds is 4. The molecule has 0 amide bonds. The van der Waals surface area contributed by atoms with E-state index in [0.29, 0.717) is 0 Å². The Hall–Kier alpha value is -7.68. The van der Waals surface area contributed by atoms with Gasteiger partial charge in [-0.25, -0.2) is 0 Å². The number of fused-ring (bicyclic) bond motifs is 12. The number of hydrogen-bond donors (Lipinski definition) is 0. The van der Waals surface area contributed by atoms with Crippen molar-refractivity contribution >= 4 is 65.4 Å². The molecule has 1 aliphatic rings. The van der Waals surface area contributed by atoms with Crippen molar-refractivity contribution in [3.63, 3.8) is 0 Å². The Labute approximate surface area is 340 Å². The molecule has 13 rings (SSSR count). The molecule has 0 radical (unpaired) electrons. The van der Waals surface area contributed by atoms with Gasteiger partial charge in [0.2, 0.25) is 0 Å². The minimum Gasteiger partial charge on any atom is -0.456 e. The summed E-state index contributed by atoms with van der Waals surface area (Å²) in [7, 11) is 0. The van der Waals surface area contributed by atoms with Crippen LogP contribution in [0.5, 0.6) is 0 Å². The molecule has 10 aromatic carbocycles. The fourth-order valence-electron chi connectivity index (χ4n) is 10.4. The average Bonchev–Trinajstić information content (AvgIpc) is 3.96. The fraction of sp³-hybridized carbons (Fsp3) is 0.0175. The number of benzene rings is 10. The van der Waals surface area contributed by atoms with Crippen LogP contribution in [0.3, 0.4) is 0 Å². The number of para-hydroxylation sites is 1. The van der Waals surface area contributed by atoms with Gasteiger partial charge in [0.25, 0.3) is 0 Å². The lowest BCUT2D eigenvalue weighted by Gasteiger charge is -2.34. The van der Waals surface area contributed by atoms with Gasteiger partial charge in [-0.3, -0.25) is 0 Å². The van der Waals surface area contributed by atoms with Gasteiger partial charge in [-0.05, 0) is 120 Å². The van der Waals surface area contributed by atoms with Crippen LogP contribution in [0.15, 0.2) is 215 Å². The van der Waals surface area contributed by atoms with Crippen molar-refractivity contribution in [2.45, 2.75) is 5.41 Å². The highest BCUT2D eigenvalue weighted by atomic mass is 16.3. The van der Waals surface area contributed by atoms with E-state index in [4.69, 9.17) is 8.83 Å². The van der Waals surface area contributed by atoms with E-state index >= 15 is 0 Å². The normalized spacial score (nSPS) is 13.2. The van der Waals surface area contributed by atoms with Gasteiger partial charge in [0.15, 0.2) is 0 Å². The quantitative estimate of drug-likeness (QED) is 0.179. The summed E-state index contributed by atoms with van der Waals surface area (Å²) in [4.78, 5) is 0. The number of hydrogen-bond acceptors (Lipinski definition) is 2. The van der Waals surface area contributed by atoms with Gasteiger partial charge < -0.3 is 8.83 Å². The SMILES string of the molecule is c1ccc(C2(c3ccccc3)c3ccc(-c4cccc5oc6cc7ccccc7cc6c45)cc3-c3c2ccc2c(-c4ccc5c(c4)oc4ccccc45)cccc32)cc1. The van der Waals surface area contributed by atoms with Gasteiger partial charge in [0.1, 0.15) is 22.3 Å². The van der Waals surface area contributed by atoms with Crippen LogP contribution in [0.2, 0.25) is 0 Å². The second-order valence-electron chi connectivity index (χ2n) is 15.9. The minimum atomic E-state index is -0.531. The van der Waals surface area contributed by atoms with Gasteiger partial charge in [-0.1, -0.05) is 164 Å². The maximum Gasteiger partial charge on any atom is 0.136 e. The lowest BCUT2D eigenvalue weighted by Crippen LogP contribution is -2.28. The Bertz CT molecular complexity index is 3620. The standard InChI is InChI=1S/C57H34O2/c1-3-15-39(16-4-1)57(40-17-5-2-6-18-40)49-29-26-37(42-21-12-24-52-56(42)48-31-35-13-7-8-14-36(35)33-54(48)59-52)32-47(49)55-46-22-11-20-41(43(46)28-30-50(55)57)38-25-27-45-44-19-9-10-23-51(44)58-53(45)34-38/h1-34H. The second kappa shape index (κ2) is 12.2. The first-order valence-corrected chi connectivity index (χ1v) is 20.3. The minimum absolute atomic E-state index is 0.531. The van der Waals surface area contributed by atoms with Crippen LogP contribution in [0.25, 0.3) is 98.8 Å². The molecule has 0 saturated heterocycles. The lowest BCUT2D eigenvalue weighted by atomic mass is 9.67. The summed E-state index contributed by atoms with van der Waals surface area (Å²) in [6, 6.07) is 75.2. The molecule has 2 heterocycles. The maximum absolute atomic E-state index is 6.57. The third-order valence-electron chi connectivity index (χ3n) is 12.9. The van der Waals surface area contributed by atoms with Crippen molar-refractivity contribution in [1.29, 1.82) is 0 Å². The topological polar surface area (TPSA) is 26.3 Å². The van der Waals surface area contributed by atoms with Gasteiger partial charge in [-0.2, -0.15) is 0 Å². The molecule has 0 unspecified atom stereocenters. The van der Waals surface area contributed by atoms with E-state index in [1.807, 2.05) is 12.1 Å². The molecule has 0 saturated carbocycles. The van der Waals surface area contributed by atoms with Crippen molar-refractivity contribution in [3.05, 3.63) is 229 Å². The molecule has 0 aliphatic heterocycles. The van der Waals surface area contributed by atoms with Crippen molar-refractivity contribution in [3.8, 4) is 33.4 Å². The van der Waals surface area contributed by atoms with Crippen molar-refractivity contribution < 1.29 is 8.83 Å². The first-order chi connectivity index (χ1) is 29.2. The molecule has 2 heteroatoms. The highest BCUT2D eigenvalue weighted by Crippen LogP contribution is 2.59. The zero-order valence-corrected chi connectivity index (χ0v) is 31.9. The second-order valence-corrected chi connectivity index (χ2v) is 15.9. The van der Waals surface area contributed by atoms with Gasteiger partial charge >= 0.3 is 0 Å². The first-order valence-electron chi connectivity index (χ1n) is 20.3. The molecule has 12 aromatic rings. The van der Waals surface area contributed by atoms with Crippen LogP contribution >= 0.6 is 0 Å². The smallest absolute Gasteiger partial charge is 0.136 e. The first kappa shape index (κ1) is 32.4. The van der Waals surface area contributed by atoms with Crippen LogP contribution in [0.1, 0.15) is 22.3 Å². The summed E-state index contributed by atoms with van der Waals surface area (Å²) < 4.78 is 13.0. The van der Waals surface area contributed by atoms with Gasteiger partial charge in [0.05, 0.1) is 5.41 Å². The summed E-state index contributed by atoms with van der Waals surface area (Å²) in [6.45, 7) is 0. The Morgan fingerprint density at radius 3 is 1.71 bits per heavy atom. The van der Waals surface area contributed by atoms with E-state index in [2.05, 4.69) is 194 Å². The Morgan fingerprint density at radius 1 is 0.305 bits per heavy atom. The van der Waals surface area contributed by atoms with E-state index in [0.717, 1.165) is 60.6 Å². The molecule has 1 aliphatic carbocycles. The fourth-order valence-corrected chi connectivity index (χ4v) is 10.4. The predicted molar refractivity (Wildman–Crippen MR) is 244 cm³/mol. The molecule has 0 bridgehead atoms. The van der Waals surface area contributed by atoms with Crippen LogP contribution in [0.4, 0.5) is 0 Å². The molecule has 274 valence electrons. The number of furan rings is 2. The predicted octanol–water partition coefficient (Wildman–Crippen LogP) is 15.5. The van der Waals surface area contributed by atoms with Crippen LogP contribution < -0.4 is 0 Å². The van der Waals surface area contributed by atoms with E-state index in [9.17, 15) is 0 Å². The summed E-state index contributed by atoms with van der Waals surface area (Å²) >= 11 is 0. The van der Waals surface area contributed by atoms with Crippen molar-refractivity contribution in [1.82, 2.24) is 0 Å². The van der Waals surface area contributed by atoms with E-state index < -0.39 is 5.41 Å². The molecule has 0 fully saturated rings. The maximum atomic E-state index is 6.57. The van der Waals surface area contributed by atoms with Crippen LogP contribution in [-0.4, -0.2) is 0 Å². The molecule has 2 nitrogen and oxygen atoms in total. The third-order valence-corrected chi connectivity index (χ3v) is 12.9. The molecular weight excluding hydrogens is 717 g/mol. The van der Waals surface area contributed by atoms with E-state index in [-0.39, 0.29) is 0 Å². The van der Waals surface area contributed by atoms with Gasteiger partial charge in [0, 0.05) is 21.5 Å². The Kier molecular flexibility index (Phi) is 6.68.